The molecule has 0 fully saturated rings. The van der Waals surface area contributed by atoms with Crippen LogP contribution in [0.3, 0.4) is 0 Å². The maximum Gasteiger partial charge on any atom is 0.0848 e. The van der Waals surface area contributed by atoms with E-state index in [-0.39, 0.29) is 0 Å². The molecule has 3 heteroatoms. The van der Waals surface area contributed by atoms with Crippen LogP contribution >= 0.6 is 0 Å². The van der Waals surface area contributed by atoms with Crippen LogP contribution < -0.4 is 0 Å². The molecule has 0 saturated heterocycles. The summed E-state index contributed by atoms with van der Waals surface area (Å²) in [6.07, 6.45) is 20.2. The van der Waals surface area contributed by atoms with Crippen LogP contribution in [0.15, 0.2) is 71.4 Å². The van der Waals surface area contributed by atoms with Crippen molar-refractivity contribution in [3.63, 3.8) is 0 Å². The van der Waals surface area contributed by atoms with E-state index >= 15 is 0 Å². The van der Waals surface area contributed by atoms with Crippen molar-refractivity contribution in [2.45, 2.75) is 52.0 Å². The molecule has 0 bridgehead atoms. The molecule has 1 aliphatic heterocycles. The molecular formula is C27H36N2O. The Labute approximate surface area is 182 Å². The average Bonchev–Trinajstić information content (AvgIpc) is 2.74. The average molecular weight is 405 g/mol. The molecule has 0 aromatic heterocycles. The van der Waals surface area contributed by atoms with Gasteiger partial charge < -0.3 is 9.64 Å². The van der Waals surface area contributed by atoms with Crippen LogP contribution in [0.5, 0.6) is 0 Å². The summed E-state index contributed by atoms with van der Waals surface area (Å²) in [7, 11) is 2.22. The summed E-state index contributed by atoms with van der Waals surface area (Å²) < 4.78 is 5.55. The summed E-state index contributed by atoms with van der Waals surface area (Å²) in [4.78, 5) is 7.13. The van der Waals surface area contributed by atoms with Crippen LogP contribution in [0.2, 0.25) is 0 Å². The highest BCUT2D eigenvalue weighted by molar-refractivity contribution is 5.88. The first-order chi connectivity index (χ1) is 14.7. The molecule has 30 heavy (non-hydrogen) atoms. The molecular weight excluding hydrogens is 368 g/mol. The normalized spacial score (nSPS) is 19.5. The fraction of sp³-hybridized carbons (Fsp3) is 0.444. The zero-order chi connectivity index (χ0) is 21.0. The van der Waals surface area contributed by atoms with E-state index < -0.39 is 0 Å². The molecule has 160 valence electrons. The number of nitrogens with zero attached hydrogens (tertiary/aromatic N) is 2. The first-order valence-corrected chi connectivity index (χ1v) is 11.4. The van der Waals surface area contributed by atoms with Gasteiger partial charge in [-0.05, 0) is 81.8 Å². The minimum absolute atomic E-state index is 0.631. The van der Waals surface area contributed by atoms with Crippen molar-refractivity contribution in [3.8, 4) is 0 Å². The van der Waals surface area contributed by atoms with Crippen molar-refractivity contribution in [1.82, 2.24) is 4.90 Å². The van der Waals surface area contributed by atoms with Crippen molar-refractivity contribution in [2.24, 2.45) is 4.99 Å². The minimum atomic E-state index is 0.631. The van der Waals surface area contributed by atoms with E-state index in [9.17, 15) is 0 Å². The summed E-state index contributed by atoms with van der Waals surface area (Å²) in [5, 5.41) is 0. The van der Waals surface area contributed by atoms with Gasteiger partial charge in [-0.1, -0.05) is 54.2 Å². The lowest BCUT2D eigenvalue weighted by Gasteiger charge is -2.18. The Morgan fingerprint density at radius 2 is 2.00 bits per heavy atom. The number of hydrogen-bond acceptors (Lipinski definition) is 3. The third-order valence-corrected chi connectivity index (χ3v) is 5.55. The number of ether oxygens (including phenoxy) is 1. The van der Waals surface area contributed by atoms with Gasteiger partial charge in [0.1, 0.15) is 0 Å². The molecule has 0 N–H and O–H groups in total. The molecule has 2 aliphatic rings. The van der Waals surface area contributed by atoms with Crippen molar-refractivity contribution in [2.75, 3.05) is 26.8 Å². The van der Waals surface area contributed by atoms with E-state index in [4.69, 9.17) is 9.73 Å². The zero-order valence-corrected chi connectivity index (χ0v) is 18.6. The Morgan fingerprint density at radius 3 is 2.83 bits per heavy atom. The highest BCUT2D eigenvalue weighted by Gasteiger charge is 2.07. The Hall–Kier alpha value is -2.23. The molecule has 3 nitrogen and oxygen atoms in total. The lowest BCUT2D eigenvalue weighted by molar-refractivity contribution is 0.186. The Kier molecular flexibility index (Phi) is 9.33. The van der Waals surface area contributed by atoms with E-state index in [1.807, 2.05) is 13.1 Å². The van der Waals surface area contributed by atoms with Gasteiger partial charge in [0, 0.05) is 25.1 Å². The fourth-order valence-electron chi connectivity index (χ4n) is 3.87. The van der Waals surface area contributed by atoms with Crippen molar-refractivity contribution in [3.05, 3.63) is 77.5 Å². The molecule has 1 heterocycles. The molecule has 1 aliphatic carbocycles. The standard InChI is InChI=1S/C27H36N2O/c1-3-30-22-27-17-8-7-15-26(20-28-27)25-16-9-13-24(19-25)21-29(2)18-10-14-23-11-5-4-6-12-23/h5,7,9,11-13,15-16,19-20H,3-4,6,8,10,14,17-18,21-22H2,1-2H3/b15-7-,26-20+,28-27?. The van der Waals surface area contributed by atoms with Crippen LogP contribution in [0.4, 0.5) is 0 Å². The van der Waals surface area contributed by atoms with Crippen molar-refractivity contribution < 1.29 is 4.74 Å². The first-order valence-electron chi connectivity index (χ1n) is 11.4. The molecule has 1 aromatic rings. The molecule has 0 atom stereocenters. The molecule has 0 spiro atoms. The molecule has 0 unspecified atom stereocenters. The van der Waals surface area contributed by atoms with Gasteiger partial charge in [-0.3, -0.25) is 4.99 Å². The van der Waals surface area contributed by atoms with Gasteiger partial charge in [-0.15, -0.1) is 0 Å². The Morgan fingerprint density at radius 1 is 1.10 bits per heavy atom. The number of rotatable bonds is 10. The van der Waals surface area contributed by atoms with Gasteiger partial charge in [-0.2, -0.15) is 0 Å². The first kappa shape index (κ1) is 22.5. The van der Waals surface area contributed by atoms with Gasteiger partial charge in [0.2, 0.25) is 0 Å². The maximum absolute atomic E-state index is 5.55. The third kappa shape index (κ3) is 7.55. The van der Waals surface area contributed by atoms with Gasteiger partial charge >= 0.3 is 0 Å². The van der Waals surface area contributed by atoms with E-state index in [0.717, 1.165) is 38.2 Å². The summed E-state index contributed by atoms with van der Waals surface area (Å²) in [5.41, 5.74) is 6.38. The SMILES string of the molecule is CCOCC1=N/C=C(c2cccc(CN(C)CCCC3=CCCC=C3)c2)\C=C/CC1. The quantitative estimate of drug-likeness (QED) is 0.454. The summed E-state index contributed by atoms with van der Waals surface area (Å²) in [5.74, 6) is 0. The van der Waals surface area contributed by atoms with Crippen LogP contribution in [0, 0.1) is 0 Å². The highest BCUT2D eigenvalue weighted by Crippen LogP contribution is 2.21. The minimum Gasteiger partial charge on any atom is -0.376 e. The van der Waals surface area contributed by atoms with E-state index in [1.54, 1.807) is 0 Å². The molecule has 3 rings (SSSR count). The molecule has 0 radical (unpaired) electrons. The van der Waals surface area contributed by atoms with Crippen molar-refractivity contribution in [1.29, 1.82) is 0 Å². The monoisotopic (exact) mass is 404 g/mol. The van der Waals surface area contributed by atoms with Crippen LogP contribution in [0.1, 0.15) is 56.6 Å². The van der Waals surface area contributed by atoms with Gasteiger partial charge in [-0.25, -0.2) is 0 Å². The number of aliphatic imine (C=N–C) groups is 1. The number of benzene rings is 1. The topological polar surface area (TPSA) is 24.8 Å². The molecule has 0 saturated carbocycles. The summed E-state index contributed by atoms with van der Waals surface area (Å²) in [6, 6.07) is 8.87. The fourth-order valence-corrected chi connectivity index (χ4v) is 3.87. The lowest BCUT2D eigenvalue weighted by atomic mass is 10.0. The van der Waals surface area contributed by atoms with Crippen LogP contribution in [-0.4, -0.2) is 37.4 Å². The number of allylic oxidation sites excluding steroid dienone is 7. The summed E-state index contributed by atoms with van der Waals surface area (Å²) in [6.45, 7) is 5.47. The highest BCUT2D eigenvalue weighted by atomic mass is 16.5. The lowest BCUT2D eigenvalue weighted by Crippen LogP contribution is -2.19. The van der Waals surface area contributed by atoms with Gasteiger partial charge in [0.05, 0.1) is 6.61 Å². The van der Waals surface area contributed by atoms with E-state index in [0.29, 0.717) is 6.61 Å². The Balaban J connectivity index is 1.57. The predicted molar refractivity (Wildman–Crippen MR) is 129 cm³/mol. The second kappa shape index (κ2) is 12.5. The largest absolute Gasteiger partial charge is 0.376 e. The summed E-state index contributed by atoms with van der Waals surface area (Å²) >= 11 is 0. The van der Waals surface area contributed by atoms with Gasteiger partial charge in [0.15, 0.2) is 0 Å². The zero-order valence-electron chi connectivity index (χ0n) is 18.6. The van der Waals surface area contributed by atoms with Crippen LogP contribution in [-0.2, 0) is 11.3 Å². The number of hydrogen-bond donors (Lipinski definition) is 0. The molecule has 0 amide bonds. The second-order valence-corrected chi connectivity index (χ2v) is 8.16. The predicted octanol–water partition coefficient (Wildman–Crippen LogP) is 6.34. The maximum atomic E-state index is 5.55. The Bertz CT molecular complexity index is 829. The molecule has 1 aromatic carbocycles. The second-order valence-electron chi connectivity index (χ2n) is 8.16. The van der Waals surface area contributed by atoms with E-state index in [2.05, 4.69) is 66.6 Å². The third-order valence-electron chi connectivity index (χ3n) is 5.55. The van der Waals surface area contributed by atoms with Gasteiger partial charge in [0.25, 0.3) is 0 Å². The van der Waals surface area contributed by atoms with E-state index in [1.165, 1.54) is 48.0 Å². The smallest absolute Gasteiger partial charge is 0.0848 e. The van der Waals surface area contributed by atoms with Crippen LogP contribution in [0.25, 0.3) is 5.57 Å². The van der Waals surface area contributed by atoms with Crippen molar-refractivity contribution >= 4 is 11.3 Å².